The van der Waals surface area contributed by atoms with E-state index in [0.29, 0.717) is 34.7 Å². The van der Waals surface area contributed by atoms with Gasteiger partial charge in [-0.25, -0.2) is 0 Å². The number of amides is 1. The van der Waals surface area contributed by atoms with Gasteiger partial charge in [0, 0.05) is 24.7 Å². The summed E-state index contributed by atoms with van der Waals surface area (Å²) >= 11 is 1.27. The highest BCUT2D eigenvalue weighted by atomic mass is 32.2. The van der Waals surface area contributed by atoms with Crippen molar-refractivity contribution >= 4 is 17.7 Å². The van der Waals surface area contributed by atoms with Crippen LogP contribution in [0.15, 0.2) is 52.1 Å². The Morgan fingerprint density at radius 1 is 1.10 bits per heavy atom. The Balaban J connectivity index is 1.44. The zero-order valence-corrected chi connectivity index (χ0v) is 17.9. The second-order valence-electron chi connectivity index (χ2n) is 7.01. The second kappa shape index (κ2) is 8.79. The molecule has 0 spiro atoms. The van der Waals surface area contributed by atoms with Gasteiger partial charge in [-0.15, -0.1) is 10.2 Å². The molecule has 0 radical (unpaired) electrons. The van der Waals surface area contributed by atoms with Crippen molar-refractivity contribution in [3.8, 4) is 23.0 Å². The Kier molecular flexibility index (Phi) is 5.94. The molecule has 2 aromatic carbocycles. The maximum atomic E-state index is 12.9. The minimum absolute atomic E-state index is 0.0669. The van der Waals surface area contributed by atoms with Crippen LogP contribution >= 0.6 is 11.8 Å². The fraction of sp³-hybridized carbons (Fsp3) is 0.318. The lowest BCUT2D eigenvalue weighted by molar-refractivity contribution is -0.131. The molecule has 1 aliphatic heterocycles. The molecule has 0 saturated carbocycles. The van der Waals surface area contributed by atoms with Crippen LogP contribution in [0, 0.1) is 0 Å². The molecule has 0 N–H and O–H groups in total. The molecule has 1 aliphatic rings. The third kappa shape index (κ3) is 4.28. The van der Waals surface area contributed by atoms with Gasteiger partial charge in [-0.05, 0) is 36.6 Å². The number of hydrogen-bond acceptors (Lipinski definition) is 7. The van der Waals surface area contributed by atoms with Gasteiger partial charge in [-0.3, -0.25) is 4.79 Å². The number of carbonyl (C=O) groups is 1. The summed E-state index contributed by atoms with van der Waals surface area (Å²) in [7, 11) is 3.17. The molecular weight excluding hydrogens is 402 g/mol. The molecule has 1 atom stereocenters. The molecule has 8 heteroatoms. The highest BCUT2D eigenvalue weighted by molar-refractivity contribution is 8.00. The molecule has 0 saturated heterocycles. The number of thioether (sulfide) groups is 1. The average molecular weight is 426 g/mol. The molecule has 1 aromatic heterocycles. The smallest absolute Gasteiger partial charge is 0.277 e. The first-order chi connectivity index (χ1) is 14.6. The number of hydrogen-bond donors (Lipinski definition) is 0. The van der Waals surface area contributed by atoms with E-state index in [9.17, 15) is 4.79 Å². The van der Waals surface area contributed by atoms with Crippen molar-refractivity contribution in [2.45, 2.75) is 30.4 Å². The van der Waals surface area contributed by atoms with E-state index in [1.54, 1.807) is 32.4 Å². The van der Waals surface area contributed by atoms with Crippen LogP contribution in [0.1, 0.15) is 18.1 Å². The SMILES string of the molecule is COc1cc(OC)cc(-c2nnc(SC(C)C(=O)N3CCc4ccccc4C3)o2)c1. The fourth-order valence-electron chi connectivity index (χ4n) is 3.45. The zero-order chi connectivity index (χ0) is 21.1. The van der Waals surface area contributed by atoms with E-state index in [1.165, 1.54) is 22.9 Å². The van der Waals surface area contributed by atoms with E-state index < -0.39 is 0 Å². The summed E-state index contributed by atoms with van der Waals surface area (Å²) in [6.45, 7) is 3.23. The summed E-state index contributed by atoms with van der Waals surface area (Å²) < 4.78 is 16.4. The van der Waals surface area contributed by atoms with Crippen LogP contribution in [0.5, 0.6) is 11.5 Å². The van der Waals surface area contributed by atoms with Crippen LogP contribution in [0.25, 0.3) is 11.5 Å². The van der Waals surface area contributed by atoms with Crippen molar-refractivity contribution in [1.82, 2.24) is 15.1 Å². The molecule has 30 heavy (non-hydrogen) atoms. The minimum atomic E-state index is -0.330. The third-order valence-corrected chi connectivity index (χ3v) is 5.99. The molecule has 0 aliphatic carbocycles. The van der Waals surface area contributed by atoms with Crippen LogP contribution in [-0.2, 0) is 17.8 Å². The fourth-order valence-corrected chi connectivity index (χ4v) is 4.21. The Labute approximate surface area is 179 Å². The second-order valence-corrected chi connectivity index (χ2v) is 8.31. The topological polar surface area (TPSA) is 77.7 Å². The summed E-state index contributed by atoms with van der Waals surface area (Å²) in [6, 6.07) is 13.6. The molecular formula is C22H23N3O4S. The molecule has 0 bridgehead atoms. The van der Waals surface area contributed by atoms with Gasteiger partial charge in [0.2, 0.25) is 11.8 Å². The normalized spacial score (nSPS) is 14.2. The predicted octanol–water partition coefficient (Wildman–Crippen LogP) is 3.82. The van der Waals surface area contributed by atoms with E-state index in [4.69, 9.17) is 13.9 Å². The van der Waals surface area contributed by atoms with Crippen molar-refractivity contribution in [2.75, 3.05) is 20.8 Å². The molecule has 0 fully saturated rings. The lowest BCUT2D eigenvalue weighted by atomic mass is 10.00. The number of benzene rings is 2. The lowest BCUT2D eigenvalue weighted by Crippen LogP contribution is -2.40. The Hall–Kier alpha value is -3.00. The molecule has 156 valence electrons. The third-order valence-electron chi connectivity index (χ3n) is 5.07. The van der Waals surface area contributed by atoms with Gasteiger partial charge >= 0.3 is 0 Å². The molecule has 1 amide bonds. The Bertz CT molecular complexity index is 1030. The van der Waals surface area contributed by atoms with Gasteiger partial charge in [0.05, 0.1) is 19.5 Å². The lowest BCUT2D eigenvalue weighted by Gasteiger charge is -2.30. The van der Waals surface area contributed by atoms with E-state index >= 15 is 0 Å². The summed E-state index contributed by atoms with van der Waals surface area (Å²) in [5.41, 5.74) is 3.22. The number of fused-ring (bicyclic) bond motifs is 1. The number of carbonyl (C=O) groups excluding carboxylic acids is 1. The zero-order valence-electron chi connectivity index (χ0n) is 17.1. The number of ether oxygens (including phenoxy) is 2. The Morgan fingerprint density at radius 2 is 1.80 bits per heavy atom. The van der Waals surface area contributed by atoms with Gasteiger partial charge < -0.3 is 18.8 Å². The van der Waals surface area contributed by atoms with Gasteiger partial charge in [0.1, 0.15) is 11.5 Å². The van der Waals surface area contributed by atoms with E-state index in [2.05, 4.69) is 22.3 Å². The summed E-state index contributed by atoms with van der Waals surface area (Å²) in [6.07, 6.45) is 0.877. The quantitative estimate of drug-likeness (QED) is 0.556. The van der Waals surface area contributed by atoms with Crippen molar-refractivity contribution in [3.63, 3.8) is 0 Å². The van der Waals surface area contributed by atoms with Crippen LogP contribution in [0.3, 0.4) is 0 Å². The molecule has 2 heterocycles. The van der Waals surface area contributed by atoms with Gasteiger partial charge in [-0.1, -0.05) is 36.0 Å². The van der Waals surface area contributed by atoms with Gasteiger partial charge in [0.15, 0.2) is 0 Å². The maximum absolute atomic E-state index is 12.9. The minimum Gasteiger partial charge on any atom is -0.497 e. The summed E-state index contributed by atoms with van der Waals surface area (Å²) in [5, 5.41) is 8.24. The number of aromatic nitrogens is 2. The first-order valence-corrected chi connectivity index (χ1v) is 10.5. The van der Waals surface area contributed by atoms with Crippen LogP contribution in [0.4, 0.5) is 0 Å². The summed E-state index contributed by atoms with van der Waals surface area (Å²) in [5.74, 6) is 1.68. The highest BCUT2D eigenvalue weighted by Gasteiger charge is 2.26. The van der Waals surface area contributed by atoms with Crippen LogP contribution in [0.2, 0.25) is 0 Å². The van der Waals surface area contributed by atoms with Crippen molar-refractivity contribution in [1.29, 1.82) is 0 Å². The Morgan fingerprint density at radius 3 is 2.50 bits per heavy atom. The van der Waals surface area contributed by atoms with Crippen molar-refractivity contribution < 1.29 is 18.7 Å². The van der Waals surface area contributed by atoms with Crippen molar-refractivity contribution in [2.24, 2.45) is 0 Å². The predicted molar refractivity (Wildman–Crippen MR) is 114 cm³/mol. The highest BCUT2D eigenvalue weighted by Crippen LogP contribution is 2.32. The average Bonchev–Trinajstić information content (AvgIpc) is 3.26. The number of rotatable bonds is 6. The monoisotopic (exact) mass is 425 g/mol. The van der Waals surface area contributed by atoms with E-state index in [1.807, 2.05) is 24.0 Å². The summed E-state index contributed by atoms with van der Waals surface area (Å²) in [4.78, 5) is 14.8. The van der Waals surface area contributed by atoms with E-state index in [0.717, 1.165) is 13.0 Å². The standard InChI is InChI=1S/C22H23N3O4S/c1-14(21(26)25-9-8-15-6-4-5-7-16(15)13-25)30-22-24-23-20(29-22)17-10-18(27-2)12-19(11-17)28-3/h4-7,10-12,14H,8-9,13H2,1-3H3. The maximum Gasteiger partial charge on any atom is 0.277 e. The van der Waals surface area contributed by atoms with Crippen LogP contribution in [-0.4, -0.2) is 47.0 Å². The van der Waals surface area contributed by atoms with Crippen LogP contribution < -0.4 is 9.47 Å². The molecule has 7 nitrogen and oxygen atoms in total. The molecule has 4 rings (SSSR count). The van der Waals surface area contributed by atoms with E-state index in [-0.39, 0.29) is 11.2 Å². The number of nitrogens with zero attached hydrogens (tertiary/aromatic N) is 3. The van der Waals surface area contributed by atoms with Gasteiger partial charge in [-0.2, -0.15) is 0 Å². The van der Waals surface area contributed by atoms with Gasteiger partial charge in [0.25, 0.3) is 5.22 Å². The largest absolute Gasteiger partial charge is 0.497 e. The molecule has 1 unspecified atom stereocenters. The molecule has 3 aromatic rings. The first kappa shape index (κ1) is 20.3. The first-order valence-electron chi connectivity index (χ1n) is 9.66. The van der Waals surface area contributed by atoms with Crippen molar-refractivity contribution in [3.05, 3.63) is 53.6 Å². The number of methoxy groups -OCH3 is 2.